The van der Waals surface area contributed by atoms with Gasteiger partial charge in [-0.15, -0.1) is 0 Å². The zero-order valence-corrected chi connectivity index (χ0v) is 19.2. The molecule has 3 rings (SSSR count). The van der Waals surface area contributed by atoms with Gasteiger partial charge in [0.1, 0.15) is 0 Å². The first-order valence-electron chi connectivity index (χ1n) is 10.6. The fourth-order valence-electron chi connectivity index (χ4n) is 3.52. The van der Waals surface area contributed by atoms with Gasteiger partial charge in [0, 0.05) is 30.9 Å². The highest BCUT2D eigenvalue weighted by molar-refractivity contribution is 6.30. The fourth-order valence-corrected chi connectivity index (χ4v) is 3.64. The molecule has 0 saturated carbocycles. The largest absolute Gasteiger partial charge is 0.332 e. The Hall–Kier alpha value is -3.31. The van der Waals surface area contributed by atoms with Gasteiger partial charge in [-0.3, -0.25) is 30.3 Å². The molecule has 0 radical (unpaired) electrons. The van der Waals surface area contributed by atoms with E-state index in [1.165, 1.54) is 18.3 Å². The van der Waals surface area contributed by atoms with Gasteiger partial charge in [0.15, 0.2) is 0 Å². The van der Waals surface area contributed by atoms with Crippen LogP contribution in [0.2, 0.25) is 5.02 Å². The van der Waals surface area contributed by atoms with Crippen molar-refractivity contribution >= 4 is 29.4 Å². The summed E-state index contributed by atoms with van der Waals surface area (Å²) < 4.78 is 24.3. The molecule has 1 aromatic heterocycles. The number of alkyl halides is 2. The van der Waals surface area contributed by atoms with Crippen LogP contribution in [0.3, 0.4) is 0 Å². The standard InChI is InChI=1S/C22H25ClF2N6O3/c1-2-30-9-10-31(18(13-30)14-3-6-16(23)7-4-14)22(34)27-12-17-8-5-15(11-26-17)20(32)28-29-21(33)19(24)25/h3-8,11,18-19H,2,9-10,12-13H2,1H3,(H,27,34)(H,28,32)(H,29,33). The fraction of sp³-hybridized carbons (Fsp3) is 0.364. The highest BCUT2D eigenvalue weighted by Gasteiger charge is 2.31. The Kier molecular flexibility index (Phi) is 8.72. The van der Waals surface area contributed by atoms with Crippen LogP contribution in [0.1, 0.15) is 34.6 Å². The van der Waals surface area contributed by atoms with E-state index in [1.54, 1.807) is 22.5 Å². The van der Waals surface area contributed by atoms with Crippen LogP contribution in [0.25, 0.3) is 0 Å². The predicted molar refractivity (Wildman–Crippen MR) is 121 cm³/mol. The summed E-state index contributed by atoms with van der Waals surface area (Å²) in [5.41, 5.74) is 5.03. The Labute approximate surface area is 200 Å². The van der Waals surface area contributed by atoms with E-state index in [0.29, 0.717) is 23.8 Å². The molecule has 2 aromatic rings. The number of hydrogen-bond donors (Lipinski definition) is 3. The molecule has 182 valence electrons. The minimum Gasteiger partial charge on any atom is -0.332 e. The normalized spacial score (nSPS) is 16.3. The second kappa shape index (κ2) is 11.7. The van der Waals surface area contributed by atoms with Gasteiger partial charge in [0.05, 0.1) is 23.8 Å². The van der Waals surface area contributed by atoms with Crippen molar-refractivity contribution in [1.82, 2.24) is 31.0 Å². The lowest BCUT2D eigenvalue weighted by Crippen LogP contribution is -2.53. The number of aromatic nitrogens is 1. The minimum atomic E-state index is -3.24. The summed E-state index contributed by atoms with van der Waals surface area (Å²) in [4.78, 5) is 43.9. The molecule has 34 heavy (non-hydrogen) atoms. The molecule has 1 aromatic carbocycles. The Balaban J connectivity index is 1.58. The van der Waals surface area contributed by atoms with E-state index < -0.39 is 18.2 Å². The maximum absolute atomic E-state index is 13.0. The SMILES string of the molecule is CCN1CCN(C(=O)NCc2ccc(C(=O)NNC(=O)C(F)F)cn2)C(c2ccc(Cl)cc2)C1. The van der Waals surface area contributed by atoms with E-state index >= 15 is 0 Å². The van der Waals surface area contributed by atoms with Gasteiger partial charge in [0.25, 0.3) is 5.91 Å². The average Bonchev–Trinajstić information content (AvgIpc) is 2.85. The average molecular weight is 495 g/mol. The summed E-state index contributed by atoms with van der Waals surface area (Å²) in [5.74, 6) is -2.41. The van der Waals surface area contributed by atoms with Gasteiger partial charge in [-0.05, 0) is 36.4 Å². The van der Waals surface area contributed by atoms with Crippen molar-refractivity contribution in [2.24, 2.45) is 0 Å². The van der Waals surface area contributed by atoms with Crippen molar-refractivity contribution in [2.75, 3.05) is 26.2 Å². The number of piperazine rings is 1. The number of nitrogens with one attached hydrogen (secondary N) is 3. The third kappa shape index (κ3) is 6.61. The topological polar surface area (TPSA) is 107 Å². The van der Waals surface area contributed by atoms with Gasteiger partial charge in [-0.1, -0.05) is 30.7 Å². The molecule has 0 bridgehead atoms. The second-order valence-electron chi connectivity index (χ2n) is 7.59. The Morgan fingerprint density at radius 2 is 1.85 bits per heavy atom. The molecular formula is C22H25ClF2N6O3. The minimum absolute atomic E-state index is 0.0585. The summed E-state index contributed by atoms with van der Waals surface area (Å²) >= 11 is 6.01. The van der Waals surface area contributed by atoms with Crippen LogP contribution in [0.4, 0.5) is 13.6 Å². The van der Waals surface area contributed by atoms with E-state index in [-0.39, 0.29) is 24.2 Å². The lowest BCUT2D eigenvalue weighted by atomic mass is 10.0. The summed E-state index contributed by atoms with van der Waals surface area (Å²) in [6.45, 7) is 5.12. The van der Waals surface area contributed by atoms with E-state index in [1.807, 2.05) is 17.6 Å². The molecule has 12 heteroatoms. The van der Waals surface area contributed by atoms with Gasteiger partial charge in [-0.25, -0.2) is 4.79 Å². The molecule has 1 atom stereocenters. The number of benzene rings is 1. The number of nitrogens with zero attached hydrogens (tertiary/aromatic N) is 3. The third-order valence-electron chi connectivity index (χ3n) is 5.43. The molecule has 4 amide bonds. The zero-order chi connectivity index (χ0) is 24.7. The van der Waals surface area contributed by atoms with Crippen LogP contribution in [0.5, 0.6) is 0 Å². The highest BCUT2D eigenvalue weighted by Crippen LogP contribution is 2.26. The number of amides is 4. The Morgan fingerprint density at radius 3 is 2.47 bits per heavy atom. The van der Waals surface area contributed by atoms with Crippen LogP contribution in [-0.2, 0) is 11.3 Å². The summed E-state index contributed by atoms with van der Waals surface area (Å²) in [5, 5.41) is 3.48. The number of halogens is 3. The predicted octanol–water partition coefficient (Wildman–Crippen LogP) is 2.35. The summed E-state index contributed by atoms with van der Waals surface area (Å²) in [6, 6.07) is 10.0. The number of likely N-dealkylation sites (N-methyl/N-ethyl adjacent to an activating group) is 1. The van der Waals surface area contributed by atoms with Crippen molar-refractivity contribution in [3.05, 3.63) is 64.4 Å². The lowest BCUT2D eigenvalue weighted by Gasteiger charge is -2.41. The first-order valence-corrected chi connectivity index (χ1v) is 11.0. The van der Waals surface area contributed by atoms with Crippen LogP contribution >= 0.6 is 11.6 Å². The van der Waals surface area contributed by atoms with Crippen molar-refractivity contribution in [3.63, 3.8) is 0 Å². The van der Waals surface area contributed by atoms with Gasteiger partial charge >= 0.3 is 18.4 Å². The maximum Gasteiger partial charge on any atom is 0.318 e. The first-order chi connectivity index (χ1) is 16.3. The van der Waals surface area contributed by atoms with Crippen molar-refractivity contribution in [1.29, 1.82) is 0 Å². The van der Waals surface area contributed by atoms with Crippen LogP contribution < -0.4 is 16.2 Å². The van der Waals surface area contributed by atoms with Crippen LogP contribution in [0, 0.1) is 0 Å². The zero-order valence-electron chi connectivity index (χ0n) is 18.4. The van der Waals surface area contributed by atoms with Gasteiger partial charge in [-0.2, -0.15) is 8.78 Å². The smallest absolute Gasteiger partial charge is 0.318 e. The number of pyridine rings is 1. The number of hydrogen-bond acceptors (Lipinski definition) is 5. The summed E-state index contributed by atoms with van der Waals surface area (Å²) in [6.07, 6.45) is -2.02. The molecule has 1 aliphatic heterocycles. The van der Waals surface area contributed by atoms with Crippen molar-refractivity contribution < 1.29 is 23.2 Å². The van der Waals surface area contributed by atoms with Gasteiger partial charge < -0.3 is 10.2 Å². The van der Waals surface area contributed by atoms with E-state index in [9.17, 15) is 23.2 Å². The number of urea groups is 1. The summed E-state index contributed by atoms with van der Waals surface area (Å²) in [7, 11) is 0. The number of carbonyl (C=O) groups is 3. The molecule has 1 fully saturated rings. The molecule has 1 saturated heterocycles. The van der Waals surface area contributed by atoms with E-state index in [0.717, 1.165) is 18.7 Å². The van der Waals surface area contributed by atoms with E-state index in [4.69, 9.17) is 11.6 Å². The molecule has 0 spiro atoms. The molecule has 3 N–H and O–H groups in total. The van der Waals surface area contributed by atoms with Crippen molar-refractivity contribution in [2.45, 2.75) is 25.9 Å². The molecular weight excluding hydrogens is 470 g/mol. The number of hydrazine groups is 1. The quantitative estimate of drug-likeness (QED) is 0.534. The van der Waals surface area contributed by atoms with Gasteiger partial charge in [0.2, 0.25) is 0 Å². The third-order valence-corrected chi connectivity index (χ3v) is 5.68. The molecule has 0 aliphatic carbocycles. The second-order valence-corrected chi connectivity index (χ2v) is 8.03. The maximum atomic E-state index is 13.0. The monoisotopic (exact) mass is 494 g/mol. The lowest BCUT2D eigenvalue weighted by molar-refractivity contribution is -0.132. The Bertz CT molecular complexity index is 1010. The van der Waals surface area contributed by atoms with Crippen LogP contribution in [-0.4, -0.2) is 65.2 Å². The molecule has 1 aliphatic rings. The highest BCUT2D eigenvalue weighted by atomic mass is 35.5. The first kappa shape index (κ1) is 25.3. The number of carbonyl (C=O) groups excluding carboxylic acids is 3. The van der Waals surface area contributed by atoms with E-state index in [2.05, 4.69) is 22.1 Å². The molecule has 9 nitrogen and oxygen atoms in total. The van der Waals surface area contributed by atoms with Crippen LogP contribution in [0.15, 0.2) is 42.6 Å². The Morgan fingerprint density at radius 1 is 1.12 bits per heavy atom. The molecule has 2 heterocycles. The van der Waals surface area contributed by atoms with Crippen molar-refractivity contribution in [3.8, 4) is 0 Å². The number of rotatable bonds is 6. The molecule has 1 unspecified atom stereocenters.